The zero-order valence-electron chi connectivity index (χ0n) is 11.8. The van der Waals surface area contributed by atoms with Crippen LogP contribution in [0.15, 0.2) is 23.1 Å². The maximum absolute atomic E-state index is 12.5. The molecule has 0 saturated carbocycles. The van der Waals surface area contributed by atoms with Gasteiger partial charge in [-0.2, -0.15) is 9.57 Å². The van der Waals surface area contributed by atoms with Crippen molar-refractivity contribution in [3.63, 3.8) is 0 Å². The monoisotopic (exact) mass is 297 g/mol. The van der Waals surface area contributed by atoms with Crippen LogP contribution in [0.25, 0.3) is 0 Å². The van der Waals surface area contributed by atoms with Crippen molar-refractivity contribution in [1.82, 2.24) is 4.31 Å². The Labute approximate surface area is 119 Å². The van der Waals surface area contributed by atoms with Crippen molar-refractivity contribution < 1.29 is 13.2 Å². The summed E-state index contributed by atoms with van der Waals surface area (Å²) in [4.78, 5) is 0.0327. The van der Waals surface area contributed by atoms with Crippen LogP contribution in [0.4, 0.5) is 5.69 Å². The molecule has 20 heavy (non-hydrogen) atoms. The number of hydrogen-bond acceptors (Lipinski definition) is 5. The van der Waals surface area contributed by atoms with Gasteiger partial charge >= 0.3 is 0 Å². The van der Waals surface area contributed by atoms with Crippen LogP contribution in [0.2, 0.25) is 0 Å². The van der Waals surface area contributed by atoms with Crippen molar-refractivity contribution in [1.29, 1.82) is 5.26 Å². The van der Waals surface area contributed by atoms with Crippen LogP contribution < -0.4 is 10.5 Å². The Hall–Kier alpha value is -1.78. The predicted octanol–water partition coefficient (Wildman–Crippen LogP) is 1.45. The fraction of sp³-hybridized carbons (Fsp3) is 0.462. The Balaban J connectivity index is 3.18. The lowest BCUT2D eigenvalue weighted by Gasteiger charge is -2.22. The summed E-state index contributed by atoms with van der Waals surface area (Å²) in [6.45, 7) is 3.82. The summed E-state index contributed by atoms with van der Waals surface area (Å²) in [7, 11) is -2.23. The van der Waals surface area contributed by atoms with E-state index in [0.717, 1.165) is 0 Å². The summed E-state index contributed by atoms with van der Waals surface area (Å²) in [5.41, 5.74) is 5.92. The maximum Gasteiger partial charge on any atom is 0.245 e. The van der Waals surface area contributed by atoms with Gasteiger partial charge in [-0.1, -0.05) is 6.92 Å². The molecule has 0 amide bonds. The standard InChI is InChI=1S/C13H19N3O3S/c1-4-16(9-10(2)8-14)20(17,18)13-6-5-11(19-3)7-12(13)15/h5-7,10H,4,9,15H2,1-3H3. The van der Waals surface area contributed by atoms with Gasteiger partial charge in [0.2, 0.25) is 10.0 Å². The Morgan fingerprint density at radius 1 is 1.50 bits per heavy atom. The number of anilines is 1. The molecule has 1 aromatic carbocycles. The van der Waals surface area contributed by atoms with Crippen molar-refractivity contribution in [2.45, 2.75) is 18.7 Å². The minimum absolute atomic E-state index is 0.0327. The van der Waals surface area contributed by atoms with Crippen LogP contribution in [-0.4, -0.2) is 32.9 Å². The van der Waals surface area contributed by atoms with E-state index < -0.39 is 10.0 Å². The molecule has 110 valence electrons. The van der Waals surface area contributed by atoms with Crippen LogP contribution in [-0.2, 0) is 10.0 Å². The summed E-state index contributed by atoms with van der Waals surface area (Å²) in [5, 5.41) is 8.83. The molecule has 0 radical (unpaired) electrons. The third kappa shape index (κ3) is 3.40. The second-order valence-electron chi connectivity index (χ2n) is 4.39. The average Bonchev–Trinajstić information content (AvgIpc) is 2.43. The number of methoxy groups -OCH3 is 1. The minimum atomic E-state index is -3.71. The molecule has 6 nitrogen and oxygen atoms in total. The van der Waals surface area contributed by atoms with Gasteiger partial charge in [0.15, 0.2) is 0 Å². The van der Waals surface area contributed by atoms with E-state index in [1.54, 1.807) is 19.9 Å². The number of benzene rings is 1. The lowest BCUT2D eigenvalue weighted by molar-refractivity contribution is 0.399. The lowest BCUT2D eigenvalue weighted by atomic mass is 10.2. The van der Waals surface area contributed by atoms with Crippen LogP contribution in [0, 0.1) is 17.2 Å². The van der Waals surface area contributed by atoms with E-state index >= 15 is 0 Å². The molecule has 1 unspecified atom stereocenters. The normalized spacial score (nSPS) is 12.9. The molecule has 1 rings (SSSR count). The second kappa shape index (κ2) is 6.59. The highest BCUT2D eigenvalue weighted by molar-refractivity contribution is 7.89. The van der Waals surface area contributed by atoms with E-state index in [0.29, 0.717) is 5.75 Å². The molecule has 0 aromatic heterocycles. The molecule has 1 atom stereocenters. The number of nitrogen functional groups attached to an aromatic ring is 1. The molecule has 0 aliphatic rings. The Kier molecular flexibility index (Phi) is 5.36. The summed E-state index contributed by atoms with van der Waals surface area (Å²) >= 11 is 0. The molecule has 0 fully saturated rings. The van der Waals surface area contributed by atoms with Crippen LogP contribution in [0.5, 0.6) is 5.75 Å². The van der Waals surface area contributed by atoms with E-state index in [1.807, 2.05) is 6.07 Å². The second-order valence-corrected chi connectivity index (χ2v) is 6.30. The van der Waals surface area contributed by atoms with Crippen LogP contribution in [0.1, 0.15) is 13.8 Å². The molecule has 0 bridgehead atoms. The van der Waals surface area contributed by atoms with E-state index in [9.17, 15) is 8.42 Å². The highest BCUT2D eigenvalue weighted by Crippen LogP contribution is 2.26. The van der Waals surface area contributed by atoms with Gasteiger partial charge in [0.25, 0.3) is 0 Å². The molecule has 0 spiro atoms. The molecule has 1 aromatic rings. The molecular weight excluding hydrogens is 278 g/mol. The number of ether oxygens (including phenoxy) is 1. The Bertz CT molecular complexity index is 608. The third-order valence-electron chi connectivity index (χ3n) is 2.89. The molecule has 0 aliphatic heterocycles. The van der Waals surface area contributed by atoms with Crippen molar-refractivity contribution in [3.05, 3.63) is 18.2 Å². The average molecular weight is 297 g/mol. The zero-order valence-corrected chi connectivity index (χ0v) is 12.6. The first-order valence-electron chi connectivity index (χ1n) is 6.20. The van der Waals surface area contributed by atoms with Gasteiger partial charge in [-0.25, -0.2) is 8.42 Å². The van der Waals surface area contributed by atoms with Crippen LogP contribution >= 0.6 is 0 Å². The quantitative estimate of drug-likeness (QED) is 0.802. The van der Waals surface area contributed by atoms with Gasteiger partial charge in [0.05, 0.1) is 24.8 Å². The fourth-order valence-electron chi connectivity index (χ4n) is 1.77. The van der Waals surface area contributed by atoms with Gasteiger partial charge in [0, 0.05) is 19.2 Å². The van der Waals surface area contributed by atoms with E-state index in [4.69, 9.17) is 15.7 Å². The summed E-state index contributed by atoms with van der Waals surface area (Å²) in [5.74, 6) is 0.110. The molecule has 0 saturated heterocycles. The maximum atomic E-state index is 12.5. The van der Waals surface area contributed by atoms with Gasteiger partial charge in [-0.05, 0) is 19.1 Å². The third-order valence-corrected chi connectivity index (χ3v) is 4.90. The molecule has 2 N–H and O–H groups in total. The first kappa shape index (κ1) is 16.3. The summed E-state index contributed by atoms with van der Waals surface area (Å²) in [6.07, 6.45) is 0. The Morgan fingerprint density at radius 3 is 2.60 bits per heavy atom. The van der Waals surface area contributed by atoms with Crippen molar-refractivity contribution in [2.75, 3.05) is 25.9 Å². The van der Waals surface area contributed by atoms with Gasteiger partial charge in [-0.3, -0.25) is 0 Å². The Morgan fingerprint density at radius 2 is 2.15 bits per heavy atom. The number of nitrogens with two attached hydrogens (primary N) is 1. The first-order valence-corrected chi connectivity index (χ1v) is 7.64. The minimum Gasteiger partial charge on any atom is -0.497 e. The highest BCUT2D eigenvalue weighted by atomic mass is 32.2. The number of rotatable bonds is 6. The first-order chi connectivity index (χ1) is 9.36. The van der Waals surface area contributed by atoms with E-state index in [2.05, 4.69) is 0 Å². The number of nitrogens with zero attached hydrogens (tertiary/aromatic N) is 2. The number of sulfonamides is 1. The van der Waals surface area contributed by atoms with Gasteiger partial charge in [0.1, 0.15) is 10.6 Å². The van der Waals surface area contributed by atoms with Gasteiger partial charge in [-0.15, -0.1) is 0 Å². The highest BCUT2D eigenvalue weighted by Gasteiger charge is 2.26. The topological polar surface area (TPSA) is 96.4 Å². The van der Waals surface area contributed by atoms with Crippen molar-refractivity contribution in [2.24, 2.45) is 5.92 Å². The fourth-order valence-corrected chi connectivity index (χ4v) is 3.41. The zero-order chi connectivity index (χ0) is 15.3. The summed E-state index contributed by atoms with van der Waals surface area (Å²) in [6, 6.07) is 6.46. The molecule has 0 heterocycles. The smallest absolute Gasteiger partial charge is 0.245 e. The molecular formula is C13H19N3O3S. The van der Waals surface area contributed by atoms with Crippen molar-refractivity contribution in [3.8, 4) is 11.8 Å². The molecule has 7 heteroatoms. The lowest BCUT2D eigenvalue weighted by Crippen LogP contribution is -2.34. The van der Waals surface area contributed by atoms with Crippen LogP contribution in [0.3, 0.4) is 0 Å². The predicted molar refractivity (Wildman–Crippen MR) is 76.6 cm³/mol. The van der Waals surface area contributed by atoms with E-state index in [-0.39, 0.29) is 29.6 Å². The number of hydrogen-bond donors (Lipinski definition) is 1. The van der Waals surface area contributed by atoms with Crippen molar-refractivity contribution >= 4 is 15.7 Å². The van der Waals surface area contributed by atoms with Gasteiger partial charge < -0.3 is 10.5 Å². The SMILES string of the molecule is CCN(CC(C)C#N)S(=O)(=O)c1ccc(OC)cc1N. The summed E-state index contributed by atoms with van der Waals surface area (Å²) < 4.78 is 31.3. The van der Waals surface area contributed by atoms with E-state index in [1.165, 1.54) is 23.5 Å². The molecule has 0 aliphatic carbocycles. The number of nitriles is 1. The largest absolute Gasteiger partial charge is 0.497 e.